The van der Waals surface area contributed by atoms with Crippen molar-refractivity contribution in [2.45, 2.75) is 19.1 Å². The zero-order valence-corrected chi connectivity index (χ0v) is 14.2. The maximum atomic E-state index is 5.86. The molecule has 0 saturated carbocycles. The van der Waals surface area contributed by atoms with Crippen molar-refractivity contribution < 1.29 is 9.15 Å². The lowest BCUT2D eigenvalue weighted by atomic mass is 10.2. The Bertz CT molecular complexity index is 741. The maximum Gasteiger partial charge on any atom is 0.257 e. The van der Waals surface area contributed by atoms with Gasteiger partial charge in [-0.05, 0) is 18.4 Å². The van der Waals surface area contributed by atoms with E-state index in [1.54, 1.807) is 22.7 Å². The summed E-state index contributed by atoms with van der Waals surface area (Å²) in [6.07, 6.45) is 1.84. The molecule has 1 aliphatic heterocycles. The molecule has 120 valence electrons. The molecule has 0 spiro atoms. The van der Waals surface area contributed by atoms with Crippen LogP contribution in [0.3, 0.4) is 0 Å². The number of hydrogen-bond donors (Lipinski definition) is 0. The number of nitrogens with zero attached hydrogens (tertiary/aromatic N) is 4. The van der Waals surface area contributed by atoms with Crippen LogP contribution in [0.15, 0.2) is 33.5 Å². The predicted octanol–water partition coefficient (Wildman–Crippen LogP) is 3.39. The third kappa shape index (κ3) is 3.07. The van der Waals surface area contributed by atoms with Crippen LogP contribution in [0.4, 0.5) is 0 Å². The number of rotatable bonds is 4. The second-order valence-corrected chi connectivity index (χ2v) is 7.20. The zero-order chi connectivity index (χ0) is 15.6. The Morgan fingerprint density at radius 3 is 3.04 bits per heavy atom. The van der Waals surface area contributed by atoms with E-state index in [4.69, 9.17) is 9.15 Å². The smallest absolute Gasteiger partial charge is 0.257 e. The molecule has 8 heteroatoms. The standard InChI is InChI=1S/C15H16N4O2S2/c1-10(13-17-18-14(21-13)12-3-2-7-22-12)19-5-6-20-11(9-19)15-16-4-8-23-15/h2-4,7-8,10-11H,5-6,9H2,1H3/t10-,11-/m1/s1. The van der Waals surface area contributed by atoms with E-state index in [0.717, 1.165) is 23.0 Å². The minimum absolute atomic E-state index is 0.0193. The van der Waals surface area contributed by atoms with Crippen molar-refractivity contribution in [2.24, 2.45) is 0 Å². The van der Waals surface area contributed by atoms with Crippen molar-refractivity contribution in [1.82, 2.24) is 20.1 Å². The van der Waals surface area contributed by atoms with Crippen LogP contribution in [0.1, 0.15) is 30.0 Å². The van der Waals surface area contributed by atoms with E-state index in [1.165, 1.54) is 0 Å². The van der Waals surface area contributed by atoms with Crippen LogP contribution < -0.4 is 0 Å². The van der Waals surface area contributed by atoms with Crippen molar-refractivity contribution >= 4 is 22.7 Å². The van der Waals surface area contributed by atoms with Gasteiger partial charge in [0.05, 0.1) is 17.5 Å². The van der Waals surface area contributed by atoms with E-state index in [9.17, 15) is 0 Å². The van der Waals surface area contributed by atoms with Gasteiger partial charge in [-0.1, -0.05) is 6.07 Å². The fraction of sp³-hybridized carbons (Fsp3) is 0.400. The van der Waals surface area contributed by atoms with Crippen LogP contribution in [0, 0.1) is 0 Å². The Morgan fingerprint density at radius 2 is 2.26 bits per heavy atom. The first-order chi connectivity index (χ1) is 11.3. The molecule has 3 aromatic heterocycles. The van der Waals surface area contributed by atoms with Crippen molar-refractivity contribution in [2.75, 3.05) is 19.7 Å². The topological polar surface area (TPSA) is 64.3 Å². The molecule has 23 heavy (non-hydrogen) atoms. The summed E-state index contributed by atoms with van der Waals surface area (Å²) >= 11 is 3.23. The molecule has 1 saturated heterocycles. The number of aromatic nitrogens is 3. The highest BCUT2D eigenvalue weighted by Gasteiger charge is 2.29. The first-order valence-electron chi connectivity index (χ1n) is 7.43. The summed E-state index contributed by atoms with van der Waals surface area (Å²) in [5, 5.41) is 13.4. The maximum absolute atomic E-state index is 5.86. The van der Waals surface area contributed by atoms with Crippen LogP contribution in [0.25, 0.3) is 10.8 Å². The minimum atomic E-state index is 0.0193. The normalized spacial score (nSPS) is 20.7. The predicted molar refractivity (Wildman–Crippen MR) is 88.4 cm³/mol. The van der Waals surface area contributed by atoms with Crippen LogP contribution in [-0.2, 0) is 4.74 Å². The molecule has 4 rings (SSSR count). The van der Waals surface area contributed by atoms with E-state index in [0.29, 0.717) is 18.4 Å². The lowest BCUT2D eigenvalue weighted by Crippen LogP contribution is -2.39. The molecule has 1 fully saturated rings. The molecular formula is C15H16N4O2S2. The summed E-state index contributed by atoms with van der Waals surface area (Å²) in [5.74, 6) is 1.24. The van der Waals surface area contributed by atoms with Crippen molar-refractivity contribution in [1.29, 1.82) is 0 Å². The first-order valence-corrected chi connectivity index (χ1v) is 9.19. The lowest BCUT2D eigenvalue weighted by molar-refractivity contribution is -0.0464. The Labute approximate surface area is 141 Å². The average molecular weight is 348 g/mol. The lowest BCUT2D eigenvalue weighted by Gasteiger charge is -2.34. The monoisotopic (exact) mass is 348 g/mol. The van der Waals surface area contributed by atoms with Crippen molar-refractivity contribution in [3.05, 3.63) is 40.0 Å². The molecule has 4 heterocycles. The molecular weight excluding hydrogens is 332 g/mol. The number of ether oxygens (including phenoxy) is 1. The van der Waals surface area contributed by atoms with Crippen LogP contribution in [-0.4, -0.2) is 39.8 Å². The van der Waals surface area contributed by atoms with Gasteiger partial charge in [0, 0.05) is 24.7 Å². The molecule has 2 atom stereocenters. The number of hydrogen-bond acceptors (Lipinski definition) is 8. The zero-order valence-electron chi connectivity index (χ0n) is 12.6. The second kappa shape index (κ2) is 6.48. The fourth-order valence-electron chi connectivity index (χ4n) is 2.62. The van der Waals surface area contributed by atoms with Gasteiger partial charge in [-0.3, -0.25) is 4.90 Å². The highest BCUT2D eigenvalue weighted by Crippen LogP contribution is 2.30. The van der Waals surface area contributed by atoms with Crippen molar-refractivity contribution in [3.63, 3.8) is 0 Å². The summed E-state index contributed by atoms with van der Waals surface area (Å²) in [6, 6.07) is 4.02. The summed E-state index contributed by atoms with van der Waals surface area (Å²) < 4.78 is 11.7. The Morgan fingerprint density at radius 1 is 1.30 bits per heavy atom. The third-order valence-corrected chi connectivity index (χ3v) is 5.63. The average Bonchev–Trinajstić information content (AvgIpc) is 3.36. The van der Waals surface area contributed by atoms with E-state index in [2.05, 4.69) is 27.0 Å². The number of thiophene rings is 1. The van der Waals surface area contributed by atoms with Crippen molar-refractivity contribution in [3.8, 4) is 10.8 Å². The number of thiazole rings is 1. The Hall–Kier alpha value is -1.61. The van der Waals surface area contributed by atoms with Crippen LogP contribution in [0.2, 0.25) is 0 Å². The van der Waals surface area contributed by atoms with Crippen LogP contribution >= 0.6 is 22.7 Å². The summed E-state index contributed by atoms with van der Waals surface area (Å²) in [4.78, 5) is 7.67. The molecule has 0 N–H and O–H groups in total. The van der Waals surface area contributed by atoms with Crippen LogP contribution in [0.5, 0.6) is 0 Å². The molecule has 0 bridgehead atoms. The van der Waals surface area contributed by atoms with Gasteiger partial charge >= 0.3 is 0 Å². The van der Waals surface area contributed by atoms with E-state index in [-0.39, 0.29) is 12.1 Å². The quantitative estimate of drug-likeness (QED) is 0.720. The largest absolute Gasteiger partial charge is 0.418 e. The highest BCUT2D eigenvalue weighted by atomic mass is 32.1. The molecule has 6 nitrogen and oxygen atoms in total. The Kier molecular flexibility index (Phi) is 4.21. The summed E-state index contributed by atoms with van der Waals surface area (Å²) in [5.41, 5.74) is 0. The molecule has 3 aromatic rings. The van der Waals surface area contributed by atoms with Gasteiger partial charge < -0.3 is 9.15 Å². The molecule has 0 amide bonds. The Balaban J connectivity index is 1.49. The SMILES string of the molecule is C[C@H](c1nnc(-c2cccs2)o1)N1CCO[C@@H](c2nccs2)C1. The summed E-state index contributed by atoms with van der Waals surface area (Å²) in [6.45, 7) is 4.40. The molecule has 0 radical (unpaired) electrons. The molecule has 0 unspecified atom stereocenters. The van der Waals surface area contributed by atoms with Gasteiger partial charge in [0.25, 0.3) is 5.89 Å². The first kappa shape index (κ1) is 14.9. The number of morpholine rings is 1. The van der Waals surface area contributed by atoms with Gasteiger partial charge in [-0.15, -0.1) is 32.9 Å². The highest BCUT2D eigenvalue weighted by molar-refractivity contribution is 7.13. The van der Waals surface area contributed by atoms with Gasteiger partial charge in [0.2, 0.25) is 5.89 Å². The minimum Gasteiger partial charge on any atom is -0.418 e. The van der Waals surface area contributed by atoms with Gasteiger partial charge in [-0.25, -0.2) is 4.98 Å². The van der Waals surface area contributed by atoms with Gasteiger partial charge in [-0.2, -0.15) is 0 Å². The summed E-state index contributed by atoms with van der Waals surface area (Å²) in [7, 11) is 0. The van der Waals surface area contributed by atoms with E-state index >= 15 is 0 Å². The molecule has 1 aliphatic rings. The van der Waals surface area contributed by atoms with Gasteiger partial charge in [0.15, 0.2) is 0 Å². The third-order valence-electron chi connectivity index (χ3n) is 3.90. The van der Waals surface area contributed by atoms with E-state index < -0.39 is 0 Å². The molecule has 0 aromatic carbocycles. The van der Waals surface area contributed by atoms with Gasteiger partial charge in [0.1, 0.15) is 11.1 Å². The fourth-order valence-corrected chi connectivity index (χ4v) is 3.94. The van der Waals surface area contributed by atoms with E-state index in [1.807, 2.05) is 29.1 Å². The second-order valence-electron chi connectivity index (χ2n) is 5.32. The molecule has 0 aliphatic carbocycles.